The smallest absolute Gasteiger partial charge is 0.0841 e. The Bertz CT molecular complexity index is 192. The van der Waals surface area contributed by atoms with Crippen molar-refractivity contribution in [1.82, 2.24) is 0 Å². The maximum absolute atomic E-state index is 10.00. The molecule has 0 fully saturated rings. The largest absolute Gasteiger partial charge is 0.213 e. The molecule has 14 heavy (non-hydrogen) atoms. The SMILES string of the molecule is O=S=CCCCCCCCCC=S=O. The van der Waals surface area contributed by atoms with Crippen molar-refractivity contribution < 1.29 is 8.42 Å². The van der Waals surface area contributed by atoms with Crippen molar-refractivity contribution in [3.63, 3.8) is 0 Å². The third-order valence-corrected chi connectivity index (χ3v) is 2.77. The number of hydrogen-bond donors (Lipinski definition) is 0. The summed E-state index contributed by atoms with van der Waals surface area (Å²) in [5.41, 5.74) is 0. The summed E-state index contributed by atoms with van der Waals surface area (Å²) in [6.07, 6.45) is 9.09. The van der Waals surface area contributed by atoms with Gasteiger partial charge in [0.2, 0.25) is 0 Å². The maximum Gasteiger partial charge on any atom is 0.0841 e. The molecule has 0 aliphatic carbocycles. The van der Waals surface area contributed by atoms with Gasteiger partial charge >= 0.3 is 0 Å². The van der Waals surface area contributed by atoms with E-state index in [0.717, 1.165) is 25.7 Å². The molecule has 0 radical (unpaired) electrons. The van der Waals surface area contributed by atoms with Crippen LogP contribution in [0.1, 0.15) is 51.4 Å². The van der Waals surface area contributed by atoms with E-state index in [0.29, 0.717) is 22.5 Å². The van der Waals surface area contributed by atoms with Gasteiger partial charge < -0.3 is 0 Å². The minimum Gasteiger partial charge on any atom is -0.213 e. The topological polar surface area (TPSA) is 34.1 Å². The summed E-state index contributed by atoms with van der Waals surface area (Å²) in [5, 5.41) is 3.45. The molecule has 0 saturated heterocycles. The van der Waals surface area contributed by atoms with Crippen molar-refractivity contribution in [3.05, 3.63) is 0 Å². The average Bonchev–Trinajstić information content (AvgIpc) is 2.21. The Labute approximate surface area is 93.2 Å². The maximum atomic E-state index is 10.00. The molecule has 0 aromatic rings. The summed E-state index contributed by atoms with van der Waals surface area (Å²) in [6, 6.07) is 0. The van der Waals surface area contributed by atoms with E-state index in [1.807, 2.05) is 0 Å². The molecule has 82 valence electrons. The lowest BCUT2D eigenvalue weighted by Gasteiger charge is -1.97. The highest BCUT2D eigenvalue weighted by molar-refractivity contribution is 7.65. The van der Waals surface area contributed by atoms with Crippen LogP contribution in [-0.4, -0.2) is 19.2 Å². The molecular formula is C10H18O2S2. The van der Waals surface area contributed by atoms with Crippen LogP contribution in [0.15, 0.2) is 0 Å². The molecule has 0 unspecified atom stereocenters. The molecule has 0 bridgehead atoms. The van der Waals surface area contributed by atoms with Gasteiger partial charge in [-0.25, -0.2) is 8.42 Å². The molecule has 4 heteroatoms. The zero-order valence-corrected chi connectivity index (χ0v) is 10.1. The van der Waals surface area contributed by atoms with Gasteiger partial charge in [0.1, 0.15) is 0 Å². The van der Waals surface area contributed by atoms with Crippen molar-refractivity contribution >= 4 is 33.2 Å². The summed E-state index contributed by atoms with van der Waals surface area (Å²) >= 11 is 1.14. The minimum atomic E-state index is 0.568. The second-order valence-electron chi connectivity index (χ2n) is 3.22. The van der Waals surface area contributed by atoms with E-state index in [1.54, 1.807) is 10.7 Å². The van der Waals surface area contributed by atoms with Crippen LogP contribution in [0.4, 0.5) is 0 Å². The molecule has 0 rings (SSSR count). The van der Waals surface area contributed by atoms with E-state index < -0.39 is 0 Å². The Kier molecular flexibility index (Phi) is 12.6. The zero-order chi connectivity index (χ0) is 10.5. The highest BCUT2D eigenvalue weighted by Gasteiger charge is 1.89. The van der Waals surface area contributed by atoms with Gasteiger partial charge in [0.05, 0.1) is 22.5 Å². The fourth-order valence-corrected chi connectivity index (χ4v) is 1.78. The van der Waals surface area contributed by atoms with Crippen molar-refractivity contribution in [1.29, 1.82) is 0 Å². The molecule has 0 spiro atoms. The molecule has 0 aromatic heterocycles. The zero-order valence-electron chi connectivity index (χ0n) is 8.44. The Morgan fingerprint density at radius 3 is 1.36 bits per heavy atom. The molecule has 2 nitrogen and oxygen atoms in total. The van der Waals surface area contributed by atoms with Crippen molar-refractivity contribution in [2.24, 2.45) is 0 Å². The predicted octanol–water partition coefficient (Wildman–Crippen LogP) is 2.14. The van der Waals surface area contributed by atoms with Gasteiger partial charge in [-0.1, -0.05) is 25.7 Å². The van der Waals surface area contributed by atoms with Gasteiger partial charge in [-0.05, 0) is 25.7 Å². The highest BCUT2D eigenvalue weighted by Crippen LogP contribution is 2.07. The first-order chi connectivity index (χ1) is 6.91. The Balaban J connectivity index is 2.98. The summed E-state index contributed by atoms with van der Waals surface area (Å²) in [6.45, 7) is 0. The van der Waals surface area contributed by atoms with Crippen LogP contribution in [0.2, 0.25) is 0 Å². The first kappa shape index (κ1) is 13.8. The standard InChI is InChI=1S/C10H18O2S2/c11-13-9-7-5-3-1-2-4-6-8-10-14-12/h9-10H,1-8H2. The van der Waals surface area contributed by atoms with Gasteiger partial charge in [0.25, 0.3) is 0 Å². The molecule has 0 aromatic carbocycles. The molecule has 0 amide bonds. The lowest BCUT2D eigenvalue weighted by molar-refractivity contribution is 0.610. The van der Waals surface area contributed by atoms with Crippen LogP contribution < -0.4 is 0 Å². The number of rotatable bonds is 9. The van der Waals surface area contributed by atoms with Crippen LogP contribution in [0.5, 0.6) is 0 Å². The monoisotopic (exact) mass is 234 g/mol. The fourth-order valence-electron chi connectivity index (χ4n) is 1.26. The quantitative estimate of drug-likeness (QED) is 0.452. The molecule has 0 saturated carbocycles. The van der Waals surface area contributed by atoms with Gasteiger partial charge in [-0.3, -0.25) is 0 Å². The Morgan fingerprint density at radius 1 is 0.643 bits per heavy atom. The van der Waals surface area contributed by atoms with E-state index in [2.05, 4.69) is 0 Å². The molecule has 0 aliphatic heterocycles. The lowest BCUT2D eigenvalue weighted by Crippen LogP contribution is -1.82. The summed E-state index contributed by atoms with van der Waals surface area (Å²) in [7, 11) is 0. The average molecular weight is 234 g/mol. The second kappa shape index (κ2) is 12.8. The molecule has 0 heterocycles. The summed E-state index contributed by atoms with van der Waals surface area (Å²) in [5.74, 6) is 0. The third kappa shape index (κ3) is 11.8. The van der Waals surface area contributed by atoms with E-state index in [9.17, 15) is 8.42 Å². The van der Waals surface area contributed by atoms with E-state index in [1.165, 1.54) is 25.7 Å². The number of unbranched alkanes of at least 4 members (excludes halogenated alkanes) is 7. The number of hydrogen-bond acceptors (Lipinski definition) is 2. The predicted molar refractivity (Wildman–Crippen MR) is 65.3 cm³/mol. The Hall–Kier alpha value is -0.220. The lowest BCUT2D eigenvalue weighted by atomic mass is 10.1. The molecule has 0 aliphatic rings. The Morgan fingerprint density at radius 2 is 1.00 bits per heavy atom. The summed E-state index contributed by atoms with van der Waals surface area (Å²) < 4.78 is 20.0. The molecular weight excluding hydrogens is 216 g/mol. The van der Waals surface area contributed by atoms with Gasteiger partial charge in [0.15, 0.2) is 0 Å². The second-order valence-corrected chi connectivity index (χ2v) is 4.28. The van der Waals surface area contributed by atoms with Gasteiger partial charge in [-0.15, -0.1) is 0 Å². The van der Waals surface area contributed by atoms with Gasteiger partial charge in [0, 0.05) is 10.7 Å². The first-order valence-electron chi connectivity index (χ1n) is 5.12. The minimum absolute atomic E-state index is 0.568. The highest BCUT2D eigenvalue weighted by atomic mass is 32.1. The van der Waals surface area contributed by atoms with E-state index in [4.69, 9.17) is 0 Å². The first-order valence-corrected chi connectivity index (χ1v) is 6.73. The van der Waals surface area contributed by atoms with Gasteiger partial charge in [-0.2, -0.15) is 0 Å². The fraction of sp³-hybridized carbons (Fsp3) is 0.800. The third-order valence-electron chi connectivity index (χ3n) is 2.03. The van der Waals surface area contributed by atoms with Crippen molar-refractivity contribution in [3.8, 4) is 0 Å². The van der Waals surface area contributed by atoms with Crippen LogP contribution in [0, 0.1) is 0 Å². The van der Waals surface area contributed by atoms with E-state index >= 15 is 0 Å². The van der Waals surface area contributed by atoms with E-state index in [-0.39, 0.29) is 0 Å². The normalized spacial score (nSPS) is 9.43. The van der Waals surface area contributed by atoms with Crippen LogP contribution >= 0.6 is 0 Å². The molecule has 0 N–H and O–H groups in total. The summed E-state index contributed by atoms with van der Waals surface area (Å²) in [4.78, 5) is 0. The van der Waals surface area contributed by atoms with Crippen LogP contribution in [-0.2, 0) is 22.5 Å². The van der Waals surface area contributed by atoms with Crippen LogP contribution in [0.3, 0.4) is 0 Å². The van der Waals surface area contributed by atoms with Crippen molar-refractivity contribution in [2.75, 3.05) is 0 Å². The molecule has 0 atom stereocenters. The van der Waals surface area contributed by atoms with Crippen LogP contribution in [0.25, 0.3) is 0 Å². The van der Waals surface area contributed by atoms with Crippen molar-refractivity contribution in [2.45, 2.75) is 51.4 Å².